The van der Waals surface area contributed by atoms with Gasteiger partial charge < -0.3 is 10.6 Å². The van der Waals surface area contributed by atoms with E-state index in [-0.39, 0.29) is 23.8 Å². The number of amides is 2. The van der Waals surface area contributed by atoms with Gasteiger partial charge in [-0.15, -0.1) is 0 Å². The molecule has 0 bridgehead atoms. The molecule has 2 saturated heterocycles. The molecule has 2 aromatic carbocycles. The minimum absolute atomic E-state index is 0.00818. The maximum absolute atomic E-state index is 14.0. The molecule has 3 aromatic rings. The van der Waals surface area contributed by atoms with E-state index in [4.69, 9.17) is 5.73 Å². The van der Waals surface area contributed by atoms with Crippen molar-refractivity contribution in [3.63, 3.8) is 0 Å². The molecule has 218 valence electrons. The van der Waals surface area contributed by atoms with Crippen LogP contribution in [-0.4, -0.2) is 63.7 Å². The van der Waals surface area contributed by atoms with Crippen LogP contribution in [-0.2, 0) is 6.54 Å². The van der Waals surface area contributed by atoms with E-state index in [1.807, 2.05) is 33.9 Å². The highest BCUT2D eigenvalue weighted by molar-refractivity contribution is 5.96. The number of carbonyl (C=O) groups excluding carboxylic acids is 2. The van der Waals surface area contributed by atoms with Crippen molar-refractivity contribution >= 4 is 17.5 Å². The average molecular weight is 572 g/mol. The number of likely N-dealkylation sites (tertiary alicyclic amines) is 2. The summed E-state index contributed by atoms with van der Waals surface area (Å²) < 4.78 is 29.7. The van der Waals surface area contributed by atoms with Crippen LogP contribution < -0.4 is 5.73 Å². The first kappa shape index (κ1) is 28.0. The van der Waals surface area contributed by atoms with E-state index in [2.05, 4.69) is 22.1 Å². The summed E-state index contributed by atoms with van der Waals surface area (Å²) in [7, 11) is 0. The lowest BCUT2D eigenvalue weighted by Crippen LogP contribution is -2.34. The molecule has 2 amide bonds. The van der Waals surface area contributed by atoms with Crippen LogP contribution in [0.2, 0.25) is 0 Å². The van der Waals surface area contributed by atoms with Crippen molar-refractivity contribution in [2.24, 2.45) is 5.73 Å². The number of nitrogens with two attached hydrogens (primary N) is 1. The van der Waals surface area contributed by atoms with Gasteiger partial charge in [0.2, 0.25) is 0 Å². The Bertz CT molecular complexity index is 1520. The first-order valence-corrected chi connectivity index (χ1v) is 14.6. The second kappa shape index (κ2) is 12.0. The predicted molar refractivity (Wildman–Crippen MR) is 157 cm³/mol. The molecule has 2 aliphatic heterocycles. The number of aromatic nitrogens is 2. The molecule has 1 unspecified atom stereocenters. The molecule has 3 aliphatic rings. The van der Waals surface area contributed by atoms with Crippen molar-refractivity contribution in [1.82, 2.24) is 19.6 Å². The Kier molecular flexibility index (Phi) is 8.02. The predicted octanol–water partition coefficient (Wildman–Crippen LogP) is 5.27. The van der Waals surface area contributed by atoms with Crippen molar-refractivity contribution in [3.8, 4) is 0 Å². The lowest BCUT2D eigenvalue weighted by Gasteiger charge is -2.33. The number of benzene rings is 2. The molecular weight excluding hydrogens is 536 g/mol. The molecule has 0 saturated carbocycles. The standard InChI is InChI=1S/C33H35F2N5O2/c34-26-7-9-27(10-8-26)40-31(24-12-15-38(16-13-24)20-22-6-11-30(35)28(18-22)32(36)41)29(19-37-40)33(42)39-17-14-25(21-39)23-4-2-1-3-5-23/h1-7,9-11,18-19,24-26H,8,12-17,20-21H2,(H2,36,41)/t25-,26?/m0/s1. The second-order valence-electron chi connectivity index (χ2n) is 11.5. The molecule has 6 rings (SSSR count). The minimum Gasteiger partial charge on any atom is -0.366 e. The fourth-order valence-electron chi connectivity index (χ4n) is 6.46. The Morgan fingerprint density at radius 3 is 2.45 bits per heavy atom. The monoisotopic (exact) mass is 571 g/mol. The molecule has 2 fully saturated rings. The number of hydrogen-bond donors (Lipinski definition) is 1. The largest absolute Gasteiger partial charge is 0.366 e. The zero-order chi connectivity index (χ0) is 29.2. The third-order valence-corrected chi connectivity index (χ3v) is 8.73. The van der Waals surface area contributed by atoms with Gasteiger partial charge in [0.1, 0.15) is 12.0 Å². The van der Waals surface area contributed by atoms with Crippen LogP contribution in [0.4, 0.5) is 8.78 Å². The Hall–Kier alpha value is -4.11. The van der Waals surface area contributed by atoms with E-state index in [1.54, 1.807) is 24.4 Å². The van der Waals surface area contributed by atoms with Gasteiger partial charge in [-0.25, -0.2) is 13.5 Å². The van der Waals surface area contributed by atoms with E-state index < -0.39 is 17.9 Å². The Morgan fingerprint density at radius 2 is 1.74 bits per heavy atom. The van der Waals surface area contributed by atoms with Crippen LogP contribution >= 0.6 is 0 Å². The highest BCUT2D eigenvalue weighted by atomic mass is 19.1. The molecular formula is C33H35F2N5O2. The molecule has 0 radical (unpaired) electrons. The normalized spacial score (nSPS) is 21.5. The van der Waals surface area contributed by atoms with Gasteiger partial charge in [0, 0.05) is 37.9 Å². The van der Waals surface area contributed by atoms with Crippen LogP contribution in [0.3, 0.4) is 0 Å². The van der Waals surface area contributed by atoms with Crippen LogP contribution in [0.25, 0.3) is 5.70 Å². The van der Waals surface area contributed by atoms with E-state index >= 15 is 0 Å². The van der Waals surface area contributed by atoms with Crippen molar-refractivity contribution < 1.29 is 18.4 Å². The number of carbonyl (C=O) groups is 2. The molecule has 7 nitrogen and oxygen atoms in total. The smallest absolute Gasteiger partial charge is 0.257 e. The summed E-state index contributed by atoms with van der Waals surface area (Å²) in [6.07, 6.45) is 8.59. The molecule has 1 aromatic heterocycles. The third-order valence-electron chi connectivity index (χ3n) is 8.73. The number of halogens is 2. The summed E-state index contributed by atoms with van der Waals surface area (Å²) in [5, 5.41) is 4.67. The minimum atomic E-state index is -1.02. The van der Waals surface area contributed by atoms with E-state index in [9.17, 15) is 18.4 Å². The Labute approximate surface area is 244 Å². The van der Waals surface area contributed by atoms with Gasteiger partial charge in [-0.2, -0.15) is 5.10 Å². The zero-order valence-corrected chi connectivity index (χ0v) is 23.5. The van der Waals surface area contributed by atoms with Gasteiger partial charge in [0.25, 0.3) is 11.8 Å². The number of rotatable bonds is 7. The first-order valence-electron chi connectivity index (χ1n) is 14.6. The van der Waals surface area contributed by atoms with Gasteiger partial charge in [-0.3, -0.25) is 14.5 Å². The summed E-state index contributed by atoms with van der Waals surface area (Å²) in [5.74, 6) is -1.01. The number of allylic oxidation sites excluding steroid dienone is 4. The van der Waals surface area contributed by atoms with Crippen LogP contribution in [0, 0.1) is 5.82 Å². The van der Waals surface area contributed by atoms with Gasteiger partial charge >= 0.3 is 0 Å². The fraction of sp³-hybridized carbons (Fsp3) is 0.364. The van der Waals surface area contributed by atoms with Crippen molar-refractivity contribution in [2.75, 3.05) is 26.2 Å². The first-order chi connectivity index (χ1) is 20.4. The van der Waals surface area contributed by atoms with Crippen LogP contribution in [0.5, 0.6) is 0 Å². The lowest BCUT2D eigenvalue weighted by molar-refractivity contribution is 0.0787. The maximum Gasteiger partial charge on any atom is 0.257 e. The number of alkyl halides is 1. The molecule has 1 aliphatic carbocycles. The quantitative estimate of drug-likeness (QED) is 0.419. The third kappa shape index (κ3) is 5.79. The summed E-state index contributed by atoms with van der Waals surface area (Å²) in [4.78, 5) is 29.7. The van der Waals surface area contributed by atoms with Gasteiger partial charge in [-0.1, -0.05) is 42.5 Å². The summed E-state index contributed by atoms with van der Waals surface area (Å²) in [5.41, 5.74) is 9.59. The number of primary amides is 1. The number of hydrogen-bond acceptors (Lipinski definition) is 4. The average Bonchev–Trinajstić information content (AvgIpc) is 3.68. The molecule has 42 heavy (non-hydrogen) atoms. The fourth-order valence-corrected chi connectivity index (χ4v) is 6.46. The second-order valence-corrected chi connectivity index (χ2v) is 11.5. The Balaban J connectivity index is 1.21. The topological polar surface area (TPSA) is 84.5 Å². The highest BCUT2D eigenvalue weighted by Gasteiger charge is 2.34. The van der Waals surface area contributed by atoms with Crippen LogP contribution in [0.15, 0.2) is 73.0 Å². The molecule has 3 heterocycles. The number of piperidine rings is 1. The van der Waals surface area contributed by atoms with Gasteiger partial charge in [-0.05, 0) is 67.8 Å². The van der Waals surface area contributed by atoms with Gasteiger partial charge in [0.15, 0.2) is 0 Å². The molecule has 2 N–H and O–H groups in total. The summed E-state index contributed by atoms with van der Waals surface area (Å²) in [6.45, 7) is 3.45. The van der Waals surface area contributed by atoms with Crippen molar-refractivity contribution in [1.29, 1.82) is 0 Å². The Morgan fingerprint density at radius 1 is 0.976 bits per heavy atom. The van der Waals surface area contributed by atoms with Crippen molar-refractivity contribution in [3.05, 3.63) is 107 Å². The van der Waals surface area contributed by atoms with E-state index in [0.717, 1.165) is 49.3 Å². The lowest BCUT2D eigenvalue weighted by atomic mass is 9.90. The summed E-state index contributed by atoms with van der Waals surface area (Å²) in [6, 6.07) is 14.8. The molecule has 9 heteroatoms. The van der Waals surface area contributed by atoms with E-state index in [1.165, 1.54) is 17.7 Å². The van der Waals surface area contributed by atoms with Gasteiger partial charge in [0.05, 0.1) is 28.7 Å². The summed E-state index contributed by atoms with van der Waals surface area (Å²) >= 11 is 0. The van der Waals surface area contributed by atoms with E-state index in [0.29, 0.717) is 31.1 Å². The maximum atomic E-state index is 14.0. The van der Waals surface area contributed by atoms with Crippen LogP contribution in [0.1, 0.15) is 75.1 Å². The highest BCUT2D eigenvalue weighted by Crippen LogP contribution is 2.35. The zero-order valence-electron chi connectivity index (χ0n) is 23.5. The molecule has 0 spiro atoms. The van der Waals surface area contributed by atoms with Crippen molar-refractivity contribution in [2.45, 2.75) is 50.2 Å². The SMILES string of the molecule is NC(=O)c1cc(CN2CCC(c3c(C(=O)N4CC[C@H](c5ccccc5)C4)cnn3C3=CCC(F)C=C3)CC2)ccc1F. The number of nitrogens with zero attached hydrogens (tertiary/aromatic N) is 4. The molecule has 2 atom stereocenters.